The molecule has 1 N–H and O–H groups in total. The van der Waals surface area contributed by atoms with Gasteiger partial charge in [-0.25, -0.2) is 0 Å². The van der Waals surface area contributed by atoms with Gasteiger partial charge in [-0.3, -0.25) is 9.69 Å². The highest BCUT2D eigenvalue weighted by molar-refractivity contribution is 5.91. The molecule has 3 heterocycles. The molecule has 0 spiro atoms. The van der Waals surface area contributed by atoms with Crippen LogP contribution in [0.4, 0.5) is 5.69 Å². The third-order valence-corrected chi connectivity index (χ3v) is 5.55. The Kier molecular flexibility index (Phi) is 5.25. The largest absolute Gasteiger partial charge is 0.459 e. The number of para-hydroxylation sites is 1. The number of carbonyl (C=O) groups is 1. The van der Waals surface area contributed by atoms with E-state index in [1.807, 2.05) is 0 Å². The van der Waals surface area contributed by atoms with Crippen LogP contribution in [0, 0.1) is 0 Å². The number of nitrogens with zero attached hydrogens (tertiary/aromatic N) is 2. The van der Waals surface area contributed by atoms with Gasteiger partial charge in [0.25, 0.3) is 5.91 Å². The third kappa shape index (κ3) is 3.78. The predicted octanol–water partition coefficient (Wildman–Crippen LogP) is 2.93. The molecule has 2 aromatic rings. The van der Waals surface area contributed by atoms with E-state index < -0.39 is 0 Å². The molecule has 1 amide bonds. The molecule has 2 aliphatic rings. The Hall–Kier alpha value is -2.27. The van der Waals surface area contributed by atoms with Crippen LogP contribution in [0.3, 0.4) is 0 Å². The SMILES string of the molecule is O=C(NCCCCN1CCN2c3ccccc3CCC2C1)c1ccco1. The Morgan fingerprint density at radius 1 is 1.15 bits per heavy atom. The first-order chi connectivity index (χ1) is 12.8. The molecule has 1 aromatic heterocycles. The van der Waals surface area contributed by atoms with E-state index in [2.05, 4.69) is 39.4 Å². The van der Waals surface area contributed by atoms with Crippen molar-refractivity contribution in [2.24, 2.45) is 0 Å². The quantitative estimate of drug-likeness (QED) is 0.811. The summed E-state index contributed by atoms with van der Waals surface area (Å²) < 4.78 is 5.10. The summed E-state index contributed by atoms with van der Waals surface area (Å²) in [6.07, 6.45) is 6.09. The molecule has 1 unspecified atom stereocenters. The van der Waals surface area contributed by atoms with Crippen molar-refractivity contribution in [3.63, 3.8) is 0 Å². The molecule has 1 fully saturated rings. The van der Waals surface area contributed by atoms with Crippen LogP contribution in [-0.2, 0) is 6.42 Å². The Labute approximate surface area is 155 Å². The van der Waals surface area contributed by atoms with Gasteiger partial charge in [0.15, 0.2) is 5.76 Å². The lowest BCUT2D eigenvalue weighted by Gasteiger charge is -2.46. The fourth-order valence-electron chi connectivity index (χ4n) is 4.17. The minimum absolute atomic E-state index is 0.121. The van der Waals surface area contributed by atoms with Gasteiger partial charge < -0.3 is 14.6 Å². The summed E-state index contributed by atoms with van der Waals surface area (Å²) in [6, 6.07) is 12.9. The van der Waals surface area contributed by atoms with Crippen LogP contribution in [0.5, 0.6) is 0 Å². The third-order valence-electron chi connectivity index (χ3n) is 5.55. The van der Waals surface area contributed by atoms with Crippen LogP contribution in [0.15, 0.2) is 47.1 Å². The van der Waals surface area contributed by atoms with Crippen molar-refractivity contribution < 1.29 is 9.21 Å². The van der Waals surface area contributed by atoms with Crippen LogP contribution in [-0.4, -0.2) is 49.6 Å². The van der Waals surface area contributed by atoms with Crippen LogP contribution >= 0.6 is 0 Å². The van der Waals surface area contributed by atoms with Crippen molar-refractivity contribution in [3.8, 4) is 0 Å². The van der Waals surface area contributed by atoms with E-state index in [0.29, 0.717) is 18.3 Å². The van der Waals surface area contributed by atoms with Crippen LogP contribution < -0.4 is 10.2 Å². The number of hydrogen-bond acceptors (Lipinski definition) is 4. The lowest BCUT2D eigenvalue weighted by atomic mass is 9.94. The average Bonchev–Trinajstić information content (AvgIpc) is 3.22. The lowest BCUT2D eigenvalue weighted by Crippen LogP contribution is -2.55. The maximum Gasteiger partial charge on any atom is 0.286 e. The van der Waals surface area contributed by atoms with Gasteiger partial charge in [0, 0.05) is 37.9 Å². The molecular weight excluding hydrogens is 326 g/mol. The molecule has 138 valence electrons. The van der Waals surface area contributed by atoms with Gasteiger partial charge in [-0.1, -0.05) is 18.2 Å². The maximum absolute atomic E-state index is 11.8. The van der Waals surface area contributed by atoms with Crippen molar-refractivity contribution >= 4 is 11.6 Å². The zero-order valence-electron chi connectivity index (χ0n) is 15.2. The number of carbonyl (C=O) groups excluding carboxylic acids is 1. The second kappa shape index (κ2) is 7.96. The van der Waals surface area contributed by atoms with E-state index in [-0.39, 0.29) is 5.91 Å². The minimum Gasteiger partial charge on any atom is -0.459 e. The number of amides is 1. The summed E-state index contributed by atoms with van der Waals surface area (Å²) >= 11 is 0. The molecule has 4 rings (SSSR count). The zero-order chi connectivity index (χ0) is 17.8. The number of benzene rings is 1. The summed E-state index contributed by atoms with van der Waals surface area (Å²) in [5.41, 5.74) is 2.95. The van der Waals surface area contributed by atoms with Crippen LogP contribution in [0.2, 0.25) is 0 Å². The van der Waals surface area contributed by atoms with Gasteiger partial charge >= 0.3 is 0 Å². The first kappa shape index (κ1) is 17.2. The van der Waals surface area contributed by atoms with Crippen molar-refractivity contribution in [3.05, 3.63) is 54.0 Å². The van der Waals surface area contributed by atoms with E-state index in [1.54, 1.807) is 12.1 Å². The first-order valence-electron chi connectivity index (χ1n) is 9.70. The number of unbranched alkanes of at least 4 members (excludes halogenated alkanes) is 1. The molecule has 26 heavy (non-hydrogen) atoms. The van der Waals surface area contributed by atoms with Crippen molar-refractivity contribution in [2.75, 3.05) is 37.6 Å². The first-order valence-corrected chi connectivity index (χ1v) is 9.70. The molecule has 5 heteroatoms. The molecule has 0 radical (unpaired) electrons. The Morgan fingerprint density at radius 3 is 2.96 bits per heavy atom. The normalized spacial score (nSPS) is 19.7. The summed E-state index contributed by atoms with van der Waals surface area (Å²) in [6.45, 7) is 5.23. The number of aryl methyl sites for hydroxylation is 1. The Bertz CT molecular complexity index is 729. The molecule has 0 saturated carbocycles. The number of furan rings is 1. The molecular formula is C21H27N3O2. The topological polar surface area (TPSA) is 48.7 Å². The van der Waals surface area contributed by atoms with Gasteiger partial charge in [-0.05, 0) is 56.0 Å². The Morgan fingerprint density at radius 2 is 2.08 bits per heavy atom. The summed E-state index contributed by atoms with van der Waals surface area (Å²) in [5.74, 6) is 0.267. The van der Waals surface area contributed by atoms with E-state index in [9.17, 15) is 4.79 Å². The second-order valence-electron chi connectivity index (χ2n) is 7.26. The molecule has 0 aliphatic carbocycles. The highest BCUT2D eigenvalue weighted by atomic mass is 16.3. The zero-order valence-corrected chi connectivity index (χ0v) is 15.2. The summed E-state index contributed by atoms with van der Waals surface area (Å²) in [4.78, 5) is 17.0. The highest BCUT2D eigenvalue weighted by Crippen LogP contribution is 2.32. The number of piperazine rings is 1. The van der Waals surface area contributed by atoms with Crippen molar-refractivity contribution in [1.82, 2.24) is 10.2 Å². The molecule has 2 aliphatic heterocycles. The average molecular weight is 353 g/mol. The standard InChI is InChI=1S/C21H27N3O2/c25-21(20-8-5-15-26-20)22-11-3-4-12-23-13-14-24-18(16-23)10-9-17-6-1-2-7-19(17)24/h1-2,5-8,15,18H,3-4,9-14,16H2,(H,22,25). The fraction of sp³-hybridized carbons (Fsp3) is 0.476. The van der Waals surface area contributed by atoms with E-state index in [0.717, 1.165) is 39.0 Å². The van der Waals surface area contributed by atoms with E-state index in [1.165, 1.54) is 30.4 Å². The van der Waals surface area contributed by atoms with Crippen LogP contribution in [0.25, 0.3) is 0 Å². The highest BCUT2D eigenvalue weighted by Gasteiger charge is 2.30. The number of rotatable bonds is 6. The second-order valence-corrected chi connectivity index (χ2v) is 7.26. The number of fused-ring (bicyclic) bond motifs is 3. The van der Waals surface area contributed by atoms with E-state index in [4.69, 9.17) is 4.42 Å². The van der Waals surface area contributed by atoms with Crippen LogP contribution in [0.1, 0.15) is 35.4 Å². The smallest absolute Gasteiger partial charge is 0.286 e. The fourth-order valence-corrected chi connectivity index (χ4v) is 4.17. The number of nitrogens with one attached hydrogen (secondary N) is 1. The van der Waals surface area contributed by atoms with Crippen molar-refractivity contribution in [2.45, 2.75) is 31.7 Å². The molecule has 0 bridgehead atoms. The van der Waals surface area contributed by atoms with E-state index >= 15 is 0 Å². The number of anilines is 1. The predicted molar refractivity (Wildman–Crippen MR) is 103 cm³/mol. The van der Waals surface area contributed by atoms with Gasteiger partial charge in [0.2, 0.25) is 0 Å². The van der Waals surface area contributed by atoms with Crippen molar-refractivity contribution in [1.29, 1.82) is 0 Å². The molecule has 1 aromatic carbocycles. The monoisotopic (exact) mass is 353 g/mol. The van der Waals surface area contributed by atoms with Gasteiger partial charge in [0.1, 0.15) is 0 Å². The number of hydrogen-bond donors (Lipinski definition) is 1. The molecule has 1 atom stereocenters. The minimum atomic E-state index is -0.121. The van der Waals surface area contributed by atoms with Gasteiger partial charge in [0.05, 0.1) is 6.26 Å². The lowest BCUT2D eigenvalue weighted by molar-refractivity contribution is 0.0924. The Balaban J connectivity index is 1.18. The molecule has 5 nitrogen and oxygen atoms in total. The van der Waals surface area contributed by atoms with Gasteiger partial charge in [-0.2, -0.15) is 0 Å². The van der Waals surface area contributed by atoms with Gasteiger partial charge in [-0.15, -0.1) is 0 Å². The molecule has 1 saturated heterocycles. The summed E-state index contributed by atoms with van der Waals surface area (Å²) in [5, 5.41) is 2.92. The summed E-state index contributed by atoms with van der Waals surface area (Å²) in [7, 11) is 0. The maximum atomic E-state index is 11.8.